The van der Waals surface area contributed by atoms with Crippen molar-refractivity contribution < 1.29 is 9.53 Å². The molecule has 2 aliphatic heterocycles. The maximum absolute atomic E-state index is 11.8. The van der Waals surface area contributed by atoms with Crippen molar-refractivity contribution in [2.24, 2.45) is 0 Å². The SMILES string of the molecule is C=C(C)N1CCC(N2CCCCOC2=O)CC1. The summed E-state index contributed by atoms with van der Waals surface area (Å²) in [4.78, 5) is 16.0. The van der Waals surface area contributed by atoms with Gasteiger partial charge in [-0.25, -0.2) is 4.79 Å². The molecular weight excluding hydrogens is 216 g/mol. The predicted molar refractivity (Wildman–Crippen MR) is 66.7 cm³/mol. The maximum Gasteiger partial charge on any atom is 0.410 e. The molecule has 0 aliphatic carbocycles. The zero-order valence-electron chi connectivity index (χ0n) is 10.7. The highest BCUT2D eigenvalue weighted by Gasteiger charge is 2.29. The molecule has 1 amide bonds. The zero-order chi connectivity index (χ0) is 12.3. The molecule has 2 heterocycles. The van der Waals surface area contributed by atoms with E-state index in [-0.39, 0.29) is 6.09 Å². The van der Waals surface area contributed by atoms with Gasteiger partial charge in [0.05, 0.1) is 6.61 Å². The Morgan fingerprint density at radius 1 is 1.29 bits per heavy atom. The number of hydrogen-bond acceptors (Lipinski definition) is 3. The smallest absolute Gasteiger partial charge is 0.410 e. The van der Waals surface area contributed by atoms with Crippen LogP contribution in [0.5, 0.6) is 0 Å². The van der Waals surface area contributed by atoms with Gasteiger partial charge >= 0.3 is 6.09 Å². The standard InChI is InChI=1S/C13H22N2O2/c1-11(2)14-8-5-12(6-9-14)15-7-3-4-10-17-13(15)16/h12H,1,3-10H2,2H3. The molecule has 17 heavy (non-hydrogen) atoms. The molecule has 0 saturated carbocycles. The van der Waals surface area contributed by atoms with Crippen molar-refractivity contribution in [3.05, 3.63) is 12.3 Å². The van der Waals surface area contributed by atoms with Crippen LogP contribution in [0.2, 0.25) is 0 Å². The van der Waals surface area contributed by atoms with Gasteiger partial charge in [-0.05, 0) is 32.6 Å². The summed E-state index contributed by atoms with van der Waals surface area (Å²) in [5, 5.41) is 0. The van der Waals surface area contributed by atoms with E-state index in [1.165, 1.54) is 0 Å². The first-order chi connectivity index (χ1) is 8.18. The molecule has 0 spiro atoms. The van der Waals surface area contributed by atoms with Crippen molar-refractivity contribution in [3.8, 4) is 0 Å². The average Bonchev–Trinajstić information content (AvgIpc) is 2.54. The Labute approximate surface area is 103 Å². The summed E-state index contributed by atoms with van der Waals surface area (Å²) < 4.78 is 5.20. The van der Waals surface area contributed by atoms with Gasteiger partial charge in [-0.2, -0.15) is 0 Å². The van der Waals surface area contributed by atoms with Gasteiger partial charge in [-0.3, -0.25) is 0 Å². The molecule has 2 rings (SSSR count). The fourth-order valence-corrected chi connectivity index (χ4v) is 2.61. The fourth-order valence-electron chi connectivity index (χ4n) is 2.61. The number of carbonyl (C=O) groups is 1. The second kappa shape index (κ2) is 5.43. The first kappa shape index (κ1) is 12.3. The number of amides is 1. The second-order valence-corrected chi connectivity index (χ2v) is 4.97. The average molecular weight is 238 g/mol. The number of piperidine rings is 1. The Kier molecular flexibility index (Phi) is 3.92. The summed E-state index contributed by atoms with van der Waals surface area (Å²) in [6.07, 6.45) is 4.00. The monoisotopic (exact) mass is 238 g/mol. The summed E-state index contributed by atoms with van der Waals surface area (Å²) in [7, 11) is 0. The van der Waals surface area contributed by atoms with Crippen LogP contribution >= 0.6 is 0 Å². The van der Waals surface area contributed by atoms with Crippen LogP contribution in [0.4, 0.5) is 4.79 Å². The van der Waals surface area contributed by atoms with Gasteiger partial charge in [0.1, 0.15) is 0 Å². The summed E-state index contributed by atoms with van der Waals surface area (Å²) in [6.45, 7) is 9.46. The molecule has 4 heteroatoms. The van der Waals surface area contributed by atoms with E-state index in [1.54, 1.807) is 0 Å². The normalized spacial score (nSPS) is 23.2. The third kappa shape index (κ3) is 2.93. The lowest BCUT2D eigenvalue weighted by atomic mass is 10.0. The third-order valence-electron chi connectivity index (χ3n) is 3.70. The number of nitrogens with zero attached hydrogens (tertiary/aromatic N) is 2. The van der Waals surface area contributed by atoms with Crippen LogP contribution in [0.3, 0.4) is 0 Å². The van der Waals surface area contributed by atoms with Crippen LogP contribution < -0.4 is 0 Å². The minimum absolute atomic E-state index is 0.115. The third-order valence-corrected chi connectivity index (χ3v) is 3.70. The second-order valence-electron chi connectivity index (χ2n) is 4.97. The van der Waals surface area contributed by atoms with E-state index in [9.17, 15) is 4.79 Å². The van der Waals surface area contributed by atoms with Gasteiger partial charge in [0, 0.05) is 31.4 Å². The molecule has 0 atom stereocenters. The van der Waals surface area contributed by atoms with E-state index in [0.717, 1.165) is 51.0 Å². The lowest BCUT2D eigenvalue weighted by Gasteiger charge is -2.38. The lowest BCUT2D eigenvalue weighted by Crippen LogP contribution is -2.46. The van der Waals surface area contributed by atoms with Crippen LogP contribution in [-0.2, 0) is 4.74 Å². The van der Waals surface area contributed by atoms with E-state index < -0.39 is 0 Å². The minimum atomic E-state index is -0.115. The first-order valence-electron chi connectivity index (χ1n) is 6.52. The van der Waals surface area contributed by atoms with Crippen LogP contribution in [0.15, 0.2) is 12.3 Å². The molecular formula is C13H22N2O2. The van der Waals surface area contributed by atoms with Crippen molar-refractivity contribution in [1.82, 2.24) is 9.80 Å². The Morgan fingerprint density at radius 3 is 2.65 bits per heavy atom. The Hall–Kier alpha value is -1.19. The number of carbonyl (C=O) groups excluding carboxylic acids is 1. The molecule has 0 radical (unpaired) electrons. The van der Waals surface area contributed by atoms with Gasteiger partial charge in [0.2, 0.25) is 0 Å². The lowest BCUT2D eigenvalue weighted by molar-refractivity contribution is 0.0829. The summed E-state index contributed by atoms with van der Waals surface area (Å²) in [6, 6.07) is 0.358. The molecule has 0 N–H and O–H groups in total. The molecule has 0 aromatic heterocycles. The number of ether oxygens (including phenoxy) is 1. The van der Waals surface area contributed by atoms with Gasteiger partial charge in [-0.15, -0.1) is 0 Å². The van der Waals surface area contributed by atoms with Crippen LogP contribution in [0.1, 0.15) is 32.6 Å². The molecule has 2 saturated heterocycles. The Bertz CT molecular complexity index is 296. The van der Waals surface area contributed by atoms with E-state index in [1.807, 2.05) is 11.8 Å². The molecule has 0 bridgehead atoms. The maximum atomic E-state index is 11.8. The molecule has 4 nitrogen and oxygen atoms in total. The van der Waals surface area contributed by atoms with Crippen molar-refractivity contribution in [2.45, 2.75) is 38.6 Å². The van der Waals surface area contributed by atoms with Crippen molar-refractivity contribution >= 4 is 6.09 Å². The molecule has 2 aliphatic rings. The molecule has 96 valence electrons. The van der Waals surface area contributed by atoms with E-state index in [2.05, 4.69) is 11.5 Å². The summed E-state index contributed by atoms with van der Waals surface area (Å²) in [5.74, 6) is 0. The first-order valence-corrected chi connectivity index (χ1v) is 6.52. The number of cyclic esters (lactones) is 1. The quantitative estimate of drug-likeness (QED) is 0.739. The van der Waals surface area contributed by atoms with E-state index in [4.69, 9.17) is 4.74 Å². The van der Waals surface area contributed by atoms with Crippen LogP contribution in [-0.4, -0.2) is 48.2 Å². The highest BCUT2D eigenvalue weighted by molar-refractivity contribution is 5.68. The fraction of sp³-hybridized carbons (Fsp3) is 0.769. The van der Waals surface area contributed by atoms with Crippen molar-refractivity contribution in [2.75, 3.05) is 26.2 Å². The molecule has 0 aromatic rings. The topological polar surface area (TPSA) is 32.8 Å². The highest BCUT2D eigenvalue weighted by atomic mass is 16.6. The molecule has 0 aromatic carbocycles. The van der Waals surface area contributed by atoms with Crippen LogP contribution in [0, 0.1) is 0 Å². The minimum Gasteiger partial charge on any atom is -0.449 e. The van der Waals surface area contributed by atoms with Gasteiger partial charge in [0.15, 0.2) is 0 Å². The Morgan fingerprint density at radius 2 is 2.00 bits per heavy atom. The van der Waals surface area contributed by atoms with Gasteiger partial charge in [-0.1, -0.05) is 6.58 Å². The van der Waals surface area contributed by atoms with Crippen LogP contribution in [0.25, 0.3) is 0 Å². The largest absolute Gasteiger partial charge is 0.449 e. The Balaban J connectivity index is 1.90. The highest BCUT2D eigenvalue weighted by Crippen LogP contribution is 2.21. The predicted octanol–water partition coefficient (Wildman–Crippen LogP) is 2.22. The zero-order valence-corrected chi connectivity index (χ0v) is 10.7. The van der Waals surface area contributed by atoms with E-state index in [0.29, 0.717) is 12.6 Å². The number of allylic oxidation sites excluding steroid dienone is 1. The van der Waals surface area contributed by atoms with Gasteiger partial charge in [0.25, 0.3) is 0 Å². The number of rotatable bonds is 2. The summed E-state index contributed by atoms with van der Waals surface area (Å²) in [5.41, 5.74) is 1.13. The molecule has 2 fully saturated rings. The number of likely N-dealkylation sites (tertiary alicyclic amines) is 1. The van der Waals surface area contributed by atoms with E-state index >= 15 is 0 Å². The van der Waals surface area contributed by atoms with Crippen molar-refractivity contribution in [1.29, 1.82) is 0 Å². The number of hydrogen-bond donors (Lipinski definition) is 0. The summed E-state index contributed by atoms with van der Waals surface area (Å²) >= 11 is 0. The van der Waals surface area contributed by atoms with Gasteiger partial charge < -0.3 is 14.5 Å². The molecule has 0 unspecified atom stereocenters. The van der Waals surface area contributed by atoms with Crippen molar-refractivity contribution in [3.63, 3.8) is 0 Å².